The molecule has 1 aliphatic carbocycles. The van der Waals surface area contributed by atoms with Crippen LogP contribution < -0.4 is 24.8 Å². The average molecular weight is 682 g/mol. The molecule has 5 heteroatoms. The molecule has 1 aromatic heterocycles. The number of fused-ring (bicyclic) bond motifs is 8. The van der Waals surface area contributed by atoms with E-state index < -0.39 is 0 Å². The van der Waals surface area contributed by atoms with Crippen LogP contribution in [0.5, 0.6) is 23.0 Å². The highest BCUT2D eigenvalue weighted by molar-refractivity contribution is 5.98. The number of hydrogen-bond acceptors (Lipinski definition) is 5. The number of nitrogens with zero attached hydrogens (tertiary/aromatic N) is 3. The van der Waals surface area contributed by atoms with Crippen LogP contribution in [0, 0.1) is 0 Å². The Hall–Kier alpha value is -6.98. The van der Waals surface area contributed by atoms with Crippen LogP contribution in [0.25, 0.3) is 56.3 Å². The van der Waals surface area contributed by atoms with Gasteiger partial charge in [0.15, 0.2) is 28.8 Å². The van der Waals surface area contributed by atoms with Gasteiger partial charge in [0.25, 0.3) is 0 Å². The first-order valence-corrected chi connectivity index (χ1v) is 18.0. The molecule has 7 aromatic carbocycles. The Morgan fingerprint density at radius 1 is 0.547 bits per heavy atom. The molecule has 0 saturated carbocycles. The van der Waals surface area contributed by atoms with Crippen molar-refractivity contribution in [3.8, 4) is 56.8 Å². The number of rotatable bonds is 4. The summed E-state index contributed by atoms with van der Waals surface area (Å²) in [7, 11) is 0. The highest BCUT2D eigenvalue weighted by Crippen LogP contribution is 2.57. The van der Waals surface area contributed by atoms with Crippen molar-refractivity contribution in [1.29, 1.82) is 0 Å². The van der Waals surface area contributed by atoms with Crippen LogP contribution in [-0.4, -0.2) is 16.0 Å². The van der Waals surface area contributed by atoms with Gasteiger partial charge in [-0.05, 0) is 76.0 Å². The van der Waals surface area contributed by atoms with Gasteiger partial charge in [0.1, 0.15) is 0 Å². The molecule has 0 amide bonds. The van der Waals surface area contributed by atoms with E-state index >= 15 is 0 Å². The quantitative estimate of drug-likeness (QED) is 0.185. The highest BCUT2D eigenvalue weighted by atomic mass is 16.6. The summed E-state index contributed by atoms with van der Waals surface area (Å²) >= 11 is 0. The summed E-state index contributed by atoms with van der Waals surface area (Å²) in [5.74, 6) is 3.63. The van der Waals surface area contributed by atoms with E-state index in [-0.39, 0.29) is 6.04 Å². The standard InChI is InChI=1S/C48H31N3O2/c1-2-12-32(13-3-1)45-37-17-6-7-18-39(37)49-48(50-45)33-23-21-30(22-24-33)34-14-10-15-35(29-34)51-40-27-25-31-11-4-5-16-36(31)44(40)38-26-28-43-47(46(38)51)53-42-20-9-8-19-41(42)52-43/h1-26,28-29,40H,27H2. The summed E-state index contributed by atoms with van der Waals surface area (Å²) in [6.45, 7) is 0. The Morgan fingerprint density at radius 2 is 1.28 bits per heavy atom. The minimum Gasteiger partial charge on any atom is -0.449 e. The van der Waals surface area contributed by atoms with Crippen LogP contribution in [-0.2, 0) is 0 Å². The zero-order valence-corrected chi connectivity index (χ0v) is 28.6. The molecule has 2 aliphatic heterocycles. The highest BCUT2D eigenvalue weighted by Gasteiger charge is 2.41. The lowest BCUT2D eigenvalue weighted by atomic mass is 9.92. The van der Waals surface area contributed by atoms with Crippen LogP contribution in [0.15, 0.2) is 164 Å². The topological polar surface area (TPSA) is 47.5 Å². The Balaban J connectivity index is 1.01. The van der Waals surface area contributed by atoms with Crippen LogP contribution in [0.2, 0.25) is 0 Å². The molecule has 0 fully saturated rings. The first-order valence-electron chi connectivity index (χ1n) is 18.0. The van der Waals surface area contributed by atoms with Crippen molar-refractivity contribution in [3.63, 3.8) is 0 Å². The van der Waals surface area contributed by atoms with Crippen LogP contribution in [0.1, 0.15) is 12.0 Å². The fourth-order valence-electron chi connectivity index (χ4n) is 8.18. The van der Waals surface area contributed by atoms with Crippen LogP contribution in [0.3, 0.4) is 0 Å². The van der Waals surface area contributed by atoms with Gasteiger partial charge in [-0.25, -0.2) is 9.97 Å². The van der Waals surface area contributed by atoms with Gasteiger partial charge in [0.05, 0.1) is 22.9 Å². The van der Waals surface area contributed by atoms with Crippen molar-refractivity contribution in [2.24, 2.45) is 0 Å². The number of aromatic nitrogens is 2. The van der Waals surface area contributed by atoms with Gasteiger partial charge in [-0.1, -0.05) is 127 Å². The minimum atomic E-state index is 0.105. The number of benzene rings is 7. The Labute approximate surface area is 306 Å². The molecule has 0 bridgehead atoms. The Bertz CT molecular complexity index is 2880. The molecular weight excluding hydrogens is 651 g/mol. The van der Waals surface area contributed by atoms with E-state index in [4.69, 9.17) is 19.4 Å². The molecule has 3 aliphatic rings. The van der Waals surface area contributed by atoms with Crippen molar-refractivity contribution < 1.29 is 9.47 Å². The van der Waals surface area contributed by atoms with E-state index in [0.717, 1.165) is 79.6 Å². The van der Waals surface area contributed by atoms with Gasteiger partial charge in [-0.3, -0.25) is 0 Å². The molecule has 0 radical (unpaired) electrons. The maximum atomic E-state index is 6.70. The lowest BCUT2D eigenvalue weighted by molar-refractivity contribution is 0.360. The smallest absolute Gasteiger partial charge is 0.194 e. The molecule has 3 heterocycles. The van der Waals surface area contributed by atoms with E-state index in [9.17, 15) is 0 Å². The zero-order chi connectivity index (χ0) is 34.9. The minimum absolute atomic E-state index is 0.105. The monoisotopic (exact) mass is 681 g/mol. The summed E-state index contributed by atoms with van der Waals surface area (Å²) in [5.41, 5.74) is 10.8. The molecule has 53 heavy (non-hydrogen) atoms. The molecule has 11 rings (SSSR count). The molecule has 0 spiro atoms. The number of para-hydroxylation sites is 3. The SMILES string of the molecule is C1=c2ccccc2=C2c3ccc4c(c3N(c3cccc(-c5ccc(-c6nc(-c7ccccc7)c7ccccc7n6)cc5)c3)C2C1)Oc1ccccc1O4. The molecular formula is C48H31N3O2. The third-order valence-corrected chi connectivity index (χ3v) is 10.6. The van der Waals surface area contributed by atoms with E-state index in [1.165, 1.54) is 21.6 Å². The van der Waals surface area contributed by atoms with Gasteiger partial charge in [0.2, 0.25) is 0 Å². The van der Waals surface area contributed by atoms with Gasteiger partial charge >= 0.3 is 0 Å². The maximum absolute atomic E-state index is 6.70. The first kappa shape index (κ1) is 29.7. The van der Waals surface area contributed by atoms with Gasteiger partial charge < -0.3 is 14.4 Å². The number of anilines is 2. The second kappa shape index (κ2) is 11.8. The van der Waals surface area contributed by atoms with Crippen molar-refractivity contribution in [1.82, 2.24) is 9.97 Å². The van der Waals surface area contributed by atoms with E-state index in [2.05, 4.69) is 120 Å². The Morgan fingerprint density at radius 3 is 2.17 bits per heavy atom. The zero-order valence-electron chi connectivity index (χ0n) is 28.6. The van der Waals surface area contributed by atoms with Crippen LogP contribution >= 0.6 is 0 Å². The average Bonchev–Trinajstić information content (AvgIpc) is 3.58. The summed E-state index contributed by atoms with van der Waals surface area (Å²) in [6.07, 6.45) is 3.24. The summed E-state index contributed by atoms with van der Waals surface area (Å²) in [5, 5.41) is 3.58. The van der Waals surface area contributed by atoms with Gasteiger partial charge in [-0.15, -0.1) is 0 Å². The summed E-state index contributed by atoms with van der Waals surface area (Å²) in [4.78, 5) is 12.5. The largest absolute Gasteiger partial charge is 0.449 e. The third-order valence-electron chi connectivity index (χ3n) is 10.6. The van der Waals surface area contributed by atoms with Crippen LogP contribution in [0.4, 0.5) is 11.4 Å². The predicted molar refractivity (Wildman–Crippen MR) is 212 cm³/mol. The number of ether oxygens (including phenoxy) is 2. The van der Waals surface area contributed by atoms with E-state index in [1.54, 1.807) is 0 Å². The van der Waals surface area contributed by atoms with Crippen molar-refractivity contribution in [3.05, 3.63) is 180 Å². The molecule has 1 unspecified atom stereocenters. The maximum Gasteiger partial charge on any atom is 0.194 e. The summed E-state index contributed by atoms with van der Waals surface area (Å²) in [6, 6.07) is 56.9. The third kappa shape index (κ3) is 4.78. The normalized spacial score (nSPS) is 14.9. The molecule has 250 valence electrons. The fourth-order valence-corrected chi connectivity index (χ4v) is 8.18. The van der Waals surface area contributed by atoms with Crippen molar-refractivity contribution >= 4 is 33.9 Å². The molecule has 8 aromatic rings. The fraction of sp³-hybridized carbons (Fsp3) is 0.0417. The van der Waals surface area contributed by atoms with Crippen molar-refractivity contribution in [2.45, 2.75) is 12.5 Å². The summed E-state index contributed by atoms with van der Waals surface area (Å²) < 4.78 is 13.1. The van der Waals surface area contributed by atoms with Gasteiger partial charge in [0, 0.05) is 27.8 Å². The second-order valence-electron chi connectivity index (χ2n) is 13.7. The second-order valence-corrected chi connectivity index (χ2v) is 13.7. The first-order chi connectivity index (χ1) is 26.3. The molecule has 5 nitrogen and oxygen atoms in total. The van der Waals surface area contributed by atoms with E-state index in [1.807, 2.05) is 54.6 Å². The van der Waals surface area contributed by atoms with E-state index in [0.29, 0.717) is 5.82 Å². The van der Waals surface area contributed by atoms with Crippen molar-refractivity contribution in [2.75, 3.05) is 4.90 Å². The Kier molecular flexibility index (Phi) is 6.61. The lowest BCUT2D eigenvalue weighted by Gasteiger charge is -2.31. The lowest BCUT2D eigenvalue weighted by Crippen LogP contribution is -2.38. The molecule has 0 saturated heterocycles. The number of hydrogen-bond donors (Lipinski definition) is 0. The van der Waals surface area contributed by atoms with Gasteiger partial charge in [-0.2, -0.15) is 0 Å². The molecule has 1 atom stereocenters. The predicted octanol–water partition coefficient (Wildman–Crippen LogP) is 10.4. The molecule has 0 N–H and O–H groups in total.